The van der Waals surface area contributed by atoms with Crippen molar-refractivity contribution in [3.8, 4) is 0 Å². The molecule has 0 saturated carbocycles. The summed E-state index contributed by atoms with van der Waals surface area (Å²) in [4.78, 5) is 10.7. The van der Waals surface area contributed by atoms with Crippen LogP contribution in [0.15, 0.2) is 0 Å². The third-order valence-electron chi connectivity index (χ3n) is 2.66. The molecule has 0 amide bonds. The molecular weight excluding hydrogens is 168 g/mol. The predicted molar refractivity (Wildman–Crippen MR) is 49.6 cm³/mol. The molecule has 0 bridgehead atoms. The van der Waals surface area contributed by atoms with Crippen molar-refractivity contribution < 1.29 is 14.6 Å². The largest absolute Gasteiger partial charge is 0.481 e. The van der Waals surface area contributed by atoms with Crippen LogP contribution in [0.1, 0.15) is 39.0 Å². The van der Waals surface area contributed by atoms with Gasteiger partial charge in [-0.25, -0.2) is 0 Å². The van der Waals surface area contributed by atoms with Gasteiger partial charge >= 0.3 is 5.97 Å². The molecule has 2 atom stereocenters. The molecule has 0 aliphatic carbocycles. The molecule has 13 heavy (non-hydrogen) atoms. The molecule has 3 heteroatoms. The Morgan fingerprint density at radius 2 is 2.38 bits per heavy atom. The van der Waals surface area contributed by atoms with Crippen LogP contribution in [-0.4, -0.2) is 23.8 Å². The zero-order valence-corrected chi connectivity index (χ0v) is 8.16. The van der Waals surface area contributed by atoms with Gasteiger partial charge in [-0.05, 0) is 32.1 Å². The lowest BCUT2D eigenvalue weighted by atomic mass is 9.95. The zero-order chi connectivity index (χ0) is 9.68. The van der Waals surface area contributed by atoms with Crippen LogP contribution in [0.5, 0.6) is 0 Å². The molecular formula is C10H18O3. The summed E-state index contributed by atoms with van der Waals surface area (Å²) in [6.45, 7) is 2.72. The van der Waals surface area contributed by atoms with E-state index in [4.69, 9.17) is 9.84 Å². The molecule has 1 rings (SSSR count). The molecule has 0 radical (unpaired) electrons. The second-order valence-corrected chi connectivity index (χ2v) is 3.67. The van der Waals surface area contributed by atoms with Gasteiger partial charge in [0.1, 0.15) is 0 Å². The van der Waals surface area contributed by atoms with Gasteiger partial charge in [-0.3, -0.25) is 4.79 Å². The number of carboxylic acids is 1. The summed E-state index contributed by atoms with van der Waals surface area (Å²) in [6, 6.07) is 0. The summed E-state index contributed by atoms with van der Waals surface area (Å²) < 4.78 is 5.50. The van der Waals surface area contributed by atoms with E-state index in [-0.39, 0.29) is 12.0 Å². The number of ether oxygens (including phenoxy) is 1. The van der Waals surface area contributed by atoms with Gasteiger partial charge < -0.3 is 9.84 Å². The van der Waals surface area contributed by atoms with Gasteiger partial charge in [-0.15, -0.1) is 0 Å². The third kappa shape index (κ3) is 3.35. The maximum Gasteiger partial charge on any atom is 0.306 e. The van der Waals surface area contributed by atoms with E-state index >= 15 is 0 Å². The molecule has 1 saturated heterocycles. The highest BCUT2D eigenvalue weighted by molar-refractivity contribution is 5.69. The third-order valence-corrected chi connectivity index (χ3v) is 2.66. The van der Waals surface area contributed by atoms with Crippen molar-refractivity contribution in [3.05, 3.63) is 0 Å². The number of carbonyl (C=O) groups is 1. The molecule has 0 spiro atoms. The SMILES string of the molecule is CCC(C[C@H]1CCCCO1)C(=O)O. The maximum atomic E-state index is 10.7. The summed E-state index contributed by atoms with van der Waals surface area (Å²) in [7, 11) is 0. The molecule has 1 N–H and O–H groups in total. The fraction of sp³-hybridized carbons (Fsp3) is 0.900. The smallest absolute Gasteiger partial charge is 0.306 e. The minimum Gasteiger partial charge on any atom is -0.481 e. The van der Waals surface area contributed by atoms with Crippen LogP contribution >= 0.6 is 0 Å². The first kappa shape index (κ1) is 10.5. The van der Waals surface area contributed by atoms with Gasteiger partial charge in [0.2, 0.25) is 0 Å². The first-order valence-electron chi connectivity index (χ1n) is 5.08. The monoisotopic (exact) mass is 186 g/mol. The van der Waals surface area contributed by atoms with Crippen molar-refractivity contribution in [2.45, 2.75) is 45.1 Å². The Balaban J connectivity index is 2.31. The average Bonchev–Trinajstić information content (AvgIpc) is 2.15. The van der Waals surface area contributed by atoms with E-state index in [9.17, 15) is 4.79 Å². The van der Waals surface area contributed by atoms with E-state index in [1.807, 2.05) is 6.92 Å². The van der Waals surface area contributed by atoms with E-state index in [0.717, 1.165) is 19.4 Å². The highest BCUT2D eigenvalue weighted by atomic mass is 16.5. The topological polar surface area (TPSA) is 46.5 Å². The van der Waals surface area contributed by atoms with Crippen molar-refractivity contribution in [2.75, 3.05) is 6.61 Å². The Morgan fingerprint density at radius 3 is 2.85 bits per heavy atom. The first-order valence-corrected chi connectivity index (χ1v) is 5.08. The molecule has 1 aliphatic heterocycles. The standard InChI is InChI=1S/C10H18O3/c1-2-8(10(11)12)7-9-5-3-4-6-13-9/h8-9H,2-7H2,1H3,(H,11,12)/t8?,9-/m1/s1. The maximum absolute atomic E-state index is 10.7. The lowest BCUT2D eigenvalue weighted by molar-refractivity contribution is -0.143. The average molecular weight is 186 g/mol. The van der Waals surface area contributed by atoms with Crippen molar-refractivity contribution in [1.29, 1.82) is 0 Å². The second kappa shape index (κ2) is 5.22. The van der Waals surface area contributed by atoms with Crippen LogP contribution in [0.25, 0.3) is 0 Å². The van der Waals surface area contributed by atoms with Crippen LogP contribution in [0.4, 0.5) is 0 Å². The van der Waals surface area contributed by atoms with Gasteiger partial charge in [0, 0.05) is 6.61 Å². The fourth-order valence-corrected chi connectivity index (χ4v) is 1.75. The van der Waals surface area contributed by atoms with Gasteiger partial charge in [0.05, 0.1) is 12.0 Å². The Kier molecular flexibility index (Phi) is 4.22. The molecule has 1 fully saturated rings. The molecule has 0 aromatic heterocycles. The van der Waals surface area contributed by atoms with Crippen LogP contribution in [0, 0.1) is 5.92 Å². The molecule has 1 heterocycles. The van der Waals surface area contributed by atoms with Crippen molar-refractivity contribution in [3.63, 3.8) is 0 Å². The fourth-order valence-electron chi connectivity index (χ4n) is 1.75. The molecule has 1 aliphatic rings. The van der Waals surface area contributed by atoms with E-state index in [1.165, 1.54) is 6.42 Å². The Hall–Kier alpha value is -0.570. The van der Waals surface area contributed by atoms with Crippen LogP contribution in [0.2, 0.25) is 0 Å². The van der Waals surface area contributed by atoms with Crippen LogP contribution in [0.3, 0.4) is 0 Å². The lowest BCUT2D eigenvalue weighted by Gasteiger charge is -2.24. The van der Waals surface area contributed by atoms with Gasteiger partial charge in [-0.2, -0.15) is 0 Å². The summed E-state index contributed by atoms with van der Waals surface area (Å²) >= 11 is 0. The molecule has 0 aromatic carbocycles. The summed E-state index contributed by atoms with van der Waals surface area (Å²) in [5.74, 6) is -0.903. The van der Waals surface area contributed by atoms with Gasteiger partial charge in [-0.1, -0.05) is 6.92 Å². The van der Waals surface area contributed by atoms with Crippen molar-refractivity contribution in [1.82, 2.24) is 0 Å². The predicted octanol–water partition coefficient (Wildman–Crippen LogP) is 2.06. The summed E-state index contributed by atoms with van der Waals surface area (Å²) in [5, 5.41) is 8.85. The summed E-state index contributed by atoms with van der Waals surface area (Å²) in [6.07, 6.45) is 4.92. The minimum atomic E-state index is -0.684. The van der Waals surface area contributed by atoms with Crippen LogP contribution < -0.4 is 0 Å². The number of carboxylic acid groups (broad SMARTS) is 1. The Labute approximate surface area is 79.1 Å². The zero-order valence-electron chi connectivity index (χ0n) is 8.16. The Bertz CT molecular complexity index is 162. The molecule has 3 nitrogen and oxygen atoms in total. The Morgan fingerprint density at radius 1 is 1.62 bits per heavy atom. The van der Waals surface area contributed by atoms with E-state index in [1.54, 1.807) is 0 Å². The van der Waals surface area contributed by atoms with Crippen LogP contribution in [-0.2, 0) is 9.53 Å². The van der Waals surface area contributed by atoms with E-state index in [2.05, 4.69) is 0 Å². The van der Waals surface area contributed by atoms with E-state index in [0.29, 0.717) is 12.8 Å². The second-order valence-electron chi connectivity index (χ2n) is 3.67. The quantitative estimate of drug-likeness (QED) is 0.731. The number of hydrogen-bond donors (Lipinski definition) is 1. The number of aliphatic carboxylic acids is 1. The normalized spacial score (nSPS) is 25.5. The van der Waals surface area contributed by atoms with Crippen molar-refractivity contribution >= 4 is 5.97 Å². The molecule has 76 valence electrons. The number of rotatable bonds is 4. The van der Waals surface area contributed by atoms with Crippen molar-refractivity contribution in [2.24, 2.45) is 5.92 Å². The first-order chi connectivity index (χ1) is 6.24. The molecule has 0 aromatic rings. The van der Waals surface area contributed by atoms with E-state index < -0.39 is 5.97 Å². The van der Waals surface area contributed by atoms with Gasteiger partial charge in [0.15, 0.2) is 0 Å². The summed E-state index contributed by atoms with van der Waals surface area (Å²) in [5.41, 5.74) is 0. The lowest BCUT2D eigenvalue weighted by Crippen LogP contribution is -2.25. The molecule has 1 unspecified atom stereocenters. The highest BCUT2D eigenvalue weighted by Crippen LogP contribution is 2.21. The number of hydrogen-bond acceptors (Lipinski definition) is 2. The minimum absolute atomic E-state index is 0.190. The van der Waals surface area contributed by atoms with Gasteiger partial charge in [0.25, 0.3) is 0 Å². The highest BCUT2D eigenvalue weighted by Gasteiger charge is 2.22.